The number of nitrogens with zero attached hydrogens (tertiary/aromatic N) is 2. The third-order valence-electron chi connectivity index (χ3n) is 7.94. The minimum Gasteiger partial charge on any atom is -0.272 e. The summed E-state index contributed by atoms with van der Waals surface area (Å²) in [4.78, 5) is 26.4. The molecule has 0 N–H and O–H groups in total. The van der Waals surface area contributed by atoms with Crippen LogP contribution in [0.15, 0.2) is 71.9 Å². The molecule has 3 aromatic carbocycles. The monoisotopic (exact) mass is 392 g/mol. The van der Waals surface area contributed by atoms with E-state index in [1.54, 1.807) is 6.21 Å². The Bertz CT molecular complexity index is 1250. The molecule has 0 unspecified atom stereocenters. The largest absolute Gasteiger partial charge is 0.272 e. The topological polar surface area (TPSA) is 49.7 Å². The first-order valence-electron chi connectivity index (χ1n) is 10.7. The number of amides is 2. The first-order valence-corrected chi connectivity index (χ1v) is 10.7. The number of hydrogen-bond acceptors (Lipinski definition) is 3. The van der Waals surface area contributed by atoms with Gasteiger partial charge in [0.2, 0.25) is 0 Å². The van der Waals surface area contributed by atoms with Crippen LogP contribution in [0.2, 0.25) is 0 Å². The molecule has 146 valence electrons. The fourth-order valence-electron chi connectivity index (χ4n) is 6.48. The molecule has 4 aliphatic rings. The van der Waals surface area contributed by atoms with Gasteiger partial charge in [0.05, 0.1) is 18.1 Å². The molecule has 0 aromatic heterocycles. The number of rotatable bonds is 2. The van der Waals surface area contributed by atoms with Crippen LogP contribution in [0.5, 0.6) is 0 Å². The lowest BCUT2D eigenvalue weighted by Gasteiger charge is -2.18. The van der Waals surface area contributed by atoms with Crippen molar-refractivity contribution in [3.05, 3.63) is 72.3 Å². The van der Waals surface area contributed by atoms with Crippen molar-refractivity contribution in [3.8, 4) is 0 Å². The SMILES string of the molecule is O=C1[C@@H]2[C@@H](C(=O)N1/N=C\c1c3ccccc3cc3ccccc13)[C@H]1C=C[C@H]2C12CC2. The Hall–Kier alpha value is -3.27. The molecule has 1 heterocycles. The smallest absolute Gasteiger partial charge is 0.254 e. The summed E-state index contributed by atoms with van der Waals surface area (Å²) < 4.78 is 0. The number of carbonyl (C=O) groups is 2. The van der Waals surface area contributed by atoms with Crippen LogP contribution in [0.4, 0.5) is 0 Å². The number of benzene rings is 3. The van der Waals surface area contributed by atoms with Gasteiger partial charge in [0, 0.05) is 5.56 Å². The Morgan fingerprint density at radius 3 is 1.90 bits per heavy atom. The van der Waals surface area contributed by atoms with Gasteiger partial charge in [-0.2, -0.15) is 10.1 Å². The molecule has 2 amide bonds. The molecule has 0 radical (unpaired) electrons. The first-order chi connectivity index (χ1) is 14.7. The van der Waals surface area contributed by atoms with E-state index in [0.717, 1.165) is 45.0 Å². The quantitative estimate of drug-likeness (QED) is 0.279. The van der Waals surface area contributed by atoms with Crippen LogP contribution < -0.4 is 0 Å². The van der Waals surface area contributed by atoms with E-state index in [1.165, 1.54) is 0 Å². The van der Waals surface area contributed by atoms with E-state index < -0.39 is 0 Å². The average Bonchev–Trinajstić information content (AvgIpc) is 3.37. The Morgan fingerprint density at radius 2 is 1.37 bits per heavy atom. The molecule has 4 heteroatoms. The Morgan fingerprint density at radius 1 is 0.833 bits per heavy atom. The molecule has 1 saturated heterocycles. The maximum absolute atomic E-state index is 13.2. The van der Waals surface area contributed by atoms with Gasteiger partial charge in [-0.1, -0.05) is 60.7 Å². The van der Waals surface area contributed by atoms with Crippen LogP contribution in [0, 0.1) is 29.1 Å². The zero-order valence-electron chi connectivity index (χ0n) is 16.4. The summed E-state index contributed by atoms with van der Waals surface area (Å²) in [5.74, 6) is -0.208. The maximum Gasteiger partial charge on any atom is 0.254 e. The van der Waals surface area contributed by atoms with Crippen molar-refractivity contribution in [3.63, 3.8) is 0 Å². The van der Waals surface area contributed by atoms with Crippen LogP contribution in [0.1, 0.15) is 18.4 Å². The van der Waals surface area contributed by atoms with Crippen molar-refractivity contribution in [1.29, 1.82) is 0 Å². The second-order valence-corrected chi connectivity index (χ2v) is 9.19. The minimum atomic E-state index is -0.212. The van der Waals surface area contributed by atoms with Gasteiger partial charge in [0.1, 0.15) is 0 Å². The Labute approximate surface area is 173 Å². The van der Waals surface area contributed by atoms with E-state index >= 15 is 0 Å². The molecule has 1 aliphatic heterocycles. The summed E-state index contributed by atoms with van der Waals surface area (Å²) >= 11 is 0. The van der Waals surface area contributed by atoms with Crippen molar-refractivity contribution in [2.24, 2.45) is 34.2 Å². The van der Waals surface area contributed by atoms with Crippen LogP contribution in [-0.4, -0.2) is 23.0 Å². The molecule has 2 bridgehead atoms. The zero-order valence-corrected chi connectivity index (χ0v) is 16.4. The summed E-state index contributed by atoms with van der Waals surface area (Å²) in [6.45, 7) is 0. The van der Waals surface area contributed by atoms with E-state index in [9.17, 15) is 9.59 Å². The predicted octanol–water partition coefficient (Wildman–Crippen LogP) is 4.52. The van der Waals surface area contributed by atoms with E-state index in [4.69, 9.17) is 0 Å². The van der Waals surface area contributed by atoms with Gasteiger partial charge in [-0.05, 0) is 57.7 Å². The number of fused-ring (bicyclic) bond motifs is 5. The average molecular weight is 392 g/mol. The number of carbonyl (C=O) groups excluding carboxylic acids is 2. The number of hydrogen-bond donors (Lipinski definition) is 0. The molecule has 4 nitrogen and oxygen atoms in total. The molecule has 3 fully saturated rings. The maximum atomic E-state index is 13.2. The zero-order chi connectivity index (χ0) is 20.0. The summed E-state index contributed by atoms with van der Waals surface area (Å²) in [5.41, 5.74) is 1.16. The highest BCUT2D eigenvalue weighted by Gasteiger charge is 2.73. The van der Waals surface area contributed by atoms with Gasteiger partial charge >= 0.3 is 0 Å². The Balaban J connectivity index is 1.32. The molecular formula is C26H20N2O2. The van der Waals surface area contributed by atoms with Gasteiger partial charge in [0.15, 0.2) is 0 Å². The number of hydrazone groups is 1. The fourth-order valence-corrected chi connectivity index (χ4v) is 6.48. The third-order valence-corrected chi connectivity index (χ3v) is 7.94. The summed E-state index contributed by atoms with van der Waals surface area (Å²) in [6, 6.07) is 18.5. The highest BCUT2D eigenvalue weighted by atomic mass is 16.2. The van der Waals surface area contributed by atoms with Gasteiger partial charge in [-0.25, -0.2) is 0 Å². The van der Waals surface area contributed by atoms with Crippen molar-refractivity contribution >= 4 is 39.6 Å². The summed E-state index contributed by atoms with van der Waals surface area (Å²) in [7, 11) is 0. The number of allylic oxidation sites excluding steroid dienone is 2. The molecule has 3 aliphatic carbocycles. The van der Waals surface area contributed by atoms with Gasteiger partial charge < -0.3 is 0 Å². The van der Waals surface area contributed by atoms with Gasteiger partial charge in [-0.3, -0.25) is 9.59 Å². The van der Waals surface area contributed by atoms with Crippen LogP contribution in [0.25, 0.3) is 21.5 Å². The van der Waals surface area contributed by atoms with Crippen molar-refractivity contribution in [2.75, 3.05) is 0 Å². The standard InChI is InChI=1S/C26H20N2O2/c29-24-22-20-9-10-21(26(20)11-12-26)23(22)25(30)28(24)27-14-19-17-7-3-1-5-15(17)13-16-6-2-4-8-18(16)19/h1-10,13-14,20-23H,11-12H2/b27-14-/t20-,21-,22+,23+/m1/s1. The van der Waals surface area contributed by atoms with Crippen LogP contribution in [-0.2, 0) is 9.59 Å². The van der Waals surface area contributed by atoms with Crippen LogP contribution in [0.3, 0.4) is 0 Å². The normalized spacial score (nSPS) is 30.5. The van der Waals surface area contributed by atoms with Crippen molar-refractivity contribution < 1.29 is 9.59 Å². The Kier molecular flexibility index (Phi) is 3.00. The molecule has 7 rings (SSSR count). The van der Waals surface area contributed by atoms with Crippen molar-refractivity contribution in [1.82, 2.24) is 5.01 Å². The minimum absolute atomic E-state index is 0.117. The lowest BCUT2D eigenvalue weighted by Crippen LogP contribution is -2.30. The van der Waals surface area contributed by atoms with E-state index in [1.807, 2.05) is 24.3 Å². The second-order valence-electron chi connectivity index (χ2n) is 9.19. The van der Waals surface area contributed by atoms with Gasteiger partial charge in [0.25, 0.3) is 11.8 Å². The third kappa shape index (κ3) is 1.89. The second kappa shape index (κ2) is 5.45. The molecular weight excluding hydrogens is 372 g/mol. The lowest BCUT2D eigenvalue weighted by atomic mass is 9.85. The van der Waals surface area contributed by atoms with Gasteiger partial charge in [-0.15, -0.1) is 0 Å². The summed E-state index contributed by atoms with van der Waals surface area (Å²) in [6.07, 6.45) is 8.39. The molecule has 30 heavy (non-hydrogen) atoms. The highest BCUT2D eigenvalue weighted by molar-refractivity contribution is 6.14. The molecule has 2 saturated carbocycles. The lowest BCUT2D eigenvalue weighted by molar-refractivity contribution is -0.141. The number of imide groups is 1. The summed E-state index contributed by atoms with van der Waals surface area (Å²) in [5, 5.41) is 10.0. The van der Waals surface area contributed by atoms with E-state index in [-0.39, 0.29) is 40.9 Å². The van der Waals surface area contributed by atoms with E-state index in [0.29, 0.717) is 0 Å². The first kappa shape index (κ1) is 16.5. The molecule has 1 spiro atoms. The van der Waals surface area contributed by atoms with E-state index in [2.05, 4.69) is 47.6 Å². The molecule has 3 aromatic rings. The highest BCUT2D eigenvalue weighted by Crippen LogP contribution is 2.73. The molecule has 4 atom stereocenters. The van der Waals surface area contributed by atoms with Crippen molar-refractivity contribution in [2.45, 2.75) is 12.8 Å². The predicted molar refractivity (Wildman–Crippen MR) is 116 cm³/mol. The van der Waals surface area contributed by atoms with Crippen LogP contribution >= 0.6 is 0 Å². The fraction of sp³-hybridized carbons (Fsp3) is 0.269.